The average Bonchev–Trinajstić information content (AvgIpc) is 2.76. The summed E-state index contributed by atoms with van der Waals surface area (Å²) in [6, 6.07) is 0. The van der Waals surface area contributed by atoms with Crippen LogP contribution in [0.3, 0.4) is 0 Å². The van der Waals surface area contributed by atoms with Crippen LogP contribution in [0, 0.1) is 5.92 Å². The SMILES string of the molecule is COCCN=C(CCC1CCCC1)NN. The Hall–Kier alpha value is -0.610. The van der Waals surface area contributed by atoms with Gasteiger partial charge in [0.25, 0.3) is 0 Å². The highest BCUT2D eigenvalue weighted by Crippen LogP contribution is 2.28. The van der Waals surface area contributed by atoms with Gasteiger partial charge >= 0.3 is 0 Å². The number of ether oxygens (including phenoxy) is 1. The van der Waals surface area contributed by atoms with Crippen molar-refractivity contribution in [3.63, 3.8) is 0 Å². The van der Waals surface area contributed by atoms with Crippen molar-refractivity contribution in [2.24, 2.45) is 16.8 Å². The van der Waals surface area contributed by atoms with Crippen LogP contribution in [-0.4, -0.2) is 26.1 Å². The molecule has 0 aromatic heterocycles. The first-order valence-corrected chi connectivity index (χ1v) is 5.85. The van der Waals surface area contributed by atoms with Crippen molar-refractivity contribution in [2.75, 3.05) is 20.3 Å². The van der Waals surface area contributed by atoms with Gasteiger partial charge in [-0.15, -0.1) is 0 Å². The van der Waals surface area contributed by atoms with Gasteiger partial charge in [0, 0.05) is 13.5 Å². The molecule has 1 fully saturated rings. The van der Waals surface area contributed by atoms with Gasteiger partial charge in [0.2, 0.25) is 0 Å². The van der Waals surface area contributed by atoms with E-state index in [4.69, 9.17) is 10.6 Å². The Labute approximate surface area is 92.3 Å². The number of hydrogen-bond donors (Lipinski definition) is 2. The summed E-state index contributed by atoms with van der Waals surface area (Å²) in [5, 5.41) is 0. The molecule has 0 aromatic carbocycles. The minimum Gasteiger partial charge on any atom is -0.383 e. The Kier molecular flexibility index (Phi) is 6.36. The number of nitrogens with two attached hydrogens (primary N) is 1. The van der Waals surface area contributed by atoms with Gasteiger partial charge in [0.05, 0.1) is 13.2 Å². The number of rotatable bonds is 6. The number of nitrogens with zero attached hydrogens (tertiary/aromatic N) is 1. The molecule has 1 saturated carbocycles. The quantitative estimate of drug-likeness (QED) is 0.231. The summed E-state index contributed by atoms with van der Waals surface area (Å²) in [7, 11) is 1.68. The van der Waals surface area contributed by atoms with Crippen LogP contribution in [0.2, 0.25) is 0 Å². The molecule has 1 rings (SSSR count). The molecule has 4 heteroatoms. The number of amidine groups is 1. The Morgan fingerprint density at radius 2 is 2.20 bits per heavy atom. The Balaban J connectivity index is 2.17. The lowest BCUT2D eigenvalue weighted by atomic mass is 10.0. The minimum absolute atomic E-state index is 0.661. The van der Waals surface area contributed by atoms with Crippen LogP contribution in [0.15, 0.2) is 4.99 Å². The maximum Gasteiger partial charge on any atom is 0.110 e. The lowest BCUT2D eigenvalue weighted by Crippen LogP contribution is -2.31. The zero-order chi connectivity index (χ0) is 10.9. The van der Waals surface area contributed by atoms with E-state index in [-0.39, 0.29) is 0 Å². The van der Waals surface area contributed by atoms with Crippen molar-refractivity contribution in [1.29, 1.82) is 0 Å². The molecule has 88 valence electrons. The van der Waals surface area contributed by atoms with E-state index in [0.29, 0.717) is 13.2 Å². The maximum absolute atomic E-state index is 5.42. The van der Waals surface area contributed by atoms with Crippen LogP contribution in [-0.2, 0) is 4.74 Å². The van der Waals surface area contributed by atoms with Crippen LogP contribution < -0.4 is 11.3 Å². The number of nitrogens with one attached hydrogen (secondary N) is 1. The Morgan fingerprint density at radius 1 is 1.47 bits per heavy atom. The van der Waals surface area contributed by atoms with Crippen LogP contribution >= 0.6 is 0 Å². The van der Waals surface area contributed by atoms with E-state index in [1.54, 1.807) is 7.11 Å². The number of methoxy groups -OCH3 is 1. The molecular formula is C11H23N3O. The molecule has 0 atom stereocenters. The number of hydrazine groups is 1. The molecule has 1 aliphatic rings. The van der Waals surface area contributed by atoms with Crippen molar-refractivity contribution in [1.82, 2.24) is 5.43 Å². The average molecular weight is 213 g/mol. The highest BCUT2D eigenvalue weighted by atomic mass is 16.5. The van der Waals surface area contributed by atoms with Crippen molar-refractivity contribution in [2.45, 2.75) is 38.5 Å². The third kappa shape index (κ3) is 5.14. The third-order valence-corrected chi connectivity index (χ3v) is 3.03. The van der Waals surface area contributed by atoms with Crippen molar-refractivity contribution >= 4 is 5.84 Å². The minimum atomic E-state index is 0.661. The monoisotopic (exact) mass is 213 g/mol. The topological polar surface area (TPSA) is 59.6 Å². The zero-order valence-electron chi connectivity index (χ0n) is 9.67. The van der Waals surface area contributed by atoms with Gasteiger partial charge in [-0.2, -0.15) is 0 Å². The molecule has 3 N–H and O–H groups in total. The van der Waals surface area contributed by atoms with Gasteiger partial charge in [0.15, 0.2) is 0 Å². The van der Waals surface area contributed by atoms with Crippen molar-refractivity contribution in [3.05, 3.63) is 0 Å². The summed E-state index contributed by atoms with van der Waals surface area (Å²) < 4.78 is 4.94. The van der Waals surface area contributed by atoms with Gasteiger partial charge in [-0.05, 0) is 12.3 Å². The normalized spacial score (nSPS) is 18.4. The van der Waals surface area contributed by atoms with Gasteiger partial charge < -0.3 is 10.2 Å². The molecule has 0 aromatic rings. The first kappa shape index (κ1) is 12.5. The fraction of sp³-hybridized carbons (Fsp3) is 0.909. The van der Waals surface area contributed by atoms with E-state index in [1.165, 1.54) is 32.1 Å². The Bertz CT molecular complexity index is 188. The summed E-state index contributed by atoms with van der Waals surface area (Å²) in [6.07, 6.45) is 7.76. The van der Waals surface area contributed by atoms with Gasteiger partial charge in [-0.1, -0.05) is 25.7 Å². The van der Waals surface area contributed by atoms with Crippen LogP contribution in [0.1, 0.15) is 38.5 Å². The molecule has 0 bridgehead atoms. The summed E-state index contributed by atoms with van der Waals surface area (Å²) in [4.78, 5) is 4.35. The lowest BCUT2D eigenvalue weighted by molar-refractivity contribution is 0.208. The van der Waals surface area contributed by atoms with Crippen molar-refractivity contribution < 1.29 is 4.74 Å². The standard InChI is InChI=1S/C11H23N3O/c1-15-9-8-13-11(14-12)7-6-10-4-2-3-5-10/h10H,2-9,12H2,1H3,(H,13,14). The molecule has 15 heavy (non-hydrogen) atoms. The fourth-order valence-corrected chi connectivity index (χ4v) is 2.11. The molecular weight excluding hydrogens is 190 g/mol. The smallest absolute Gasteiger partial charge is 0.110 e. The van der Waals surface area contributed by atoms with E-state index in [1.807, 2.05) is 0 Å². The highest BCUT2D eigenvalue weighted by molar-refractivity contribution is 5.81. The van der Waals surface area contributed by atoms with Crippen LogP contribution in [0.25, 0.3) is 0 Å². The highest BCUT2D eigenvalue weighted by Gasteiger charge is 2.15. The lowest BCUT2D eigenvalue weighted by Gasteiger charge is -2.10. The summed E-state index contributed by atoms with van der Waals surface area (Å²) in [6.45, 7) is 1.36. The van der Waals surface area contributed by atoms with Crippen LogP contribution in [0.5, 0.6) is 0 Å². The van der Waals surface area contributed by atoms with Gasteiger partial charge in [-0.25, -0.2) is 5.84 Å². The molecule has 0 aliphatic heterocycles. The second kappa shape index (κ2) is 7.65. The van der Waals surface area contributed by atoms with E-state index in [0.717, 1.165) is 18.2 Å². The third-order valence-electron chi connectivity index (χ3n) is 3.03. The van der Waals surface area contributed by atoms with Crippen LogP contribution in [0.4, 0.5) is 0 Å². The van der Waals surface area contributed by atoms with E-state index in [2.05, 4.69) is 10.4 Å². The number of hydrogen-bond acceptors (Lipinski definition) is 3. The molecule has 0 spiro atoms. The van der Waals surface area contributed by atoms with Crippen molar-refractivity contribution in [3.8, 4) is 0 Å². The molecule has 0 heterocycles. The molecule has 4 nitrogen and oxygen atoms in total. The first-order chi connectivity index (χ1) is 7.36. The number of aliphatic imine (C=N–C) groups is 1. The van der Waals surface area contributed by atoms with E-state index < -0.39 is 0 Å². The Morgan fingerprint density at radius 3 is 2.80 bits per heavy atom. The largest absolute Gasteiger partial charge is 0.383 e. The molecule has 1 aliphatic carbocycles. The predicted molar refractivity (Wildman–Crippen MR) is 62.7 cm³/mol. The first-order valence-electron chi connectivity index (χ1n) is 5.85. The van der Waals surface area contributed by atoms with E-state index >= 15 is 0 Å². The second-order valence-electron chi connectivity index (χ2n) is 4.15. The van der Waals surface area contributed by atoms with Gasteiger partial charge in [-0.3, -0.25) is 4.99 Å². The second-order valence-corrected chi connectivity index (χ2v) is 4.15. The van der Waals surface area contributed by atoms with Gasteiger partial charge in [0.1, 0.15) is 5.84 Å². The molecule has 0 radical (unpaired) electrons. The summed E-state index contributed by atoms with van der Waals surface area (Å²) in [5.74, 6) is 7.23. The molecule has 0 saturated heterocycles. The molecule has 0 amide bonds. The summed E-state index contributed by atoms with van der Waals surface area (Å²) >= 11 is 0. The maximum atomic E-state index is 5.42. The summed E-state index contributed by atoms with van der Waals surface area (Å²) in [5.41, 5.74) is 2.68. The predicted octanol–water partition coefficient (Wildman–Crippen LogP) is 1.46. The molecule has 0 unspecified atom stereocenters. The van der Waals surface area contributed by atoms with E-state index in [9.17, 15) is 0 Å². The fourth-order valence-electron chi connectivity index (χ4n) is 2.11. The zero-order valence-corrected chi connectivity index (χ0v) is 9.67.